The molecule has 0 amide bonds. The smallest absolute Gasteiger partial charge is 0.227 e. The van der Waals surface area contributed by atoms with Crippen LogP contribution in [0.2, 0.25) is 5.02 Å². The Hall–Kier alpha value is -2.00. The fourth-order valence-electron chi connectivity index (χ4n) is 3.75. The molecule has 0 radical (unpaired) electrons. The summed E-state index contributed by atoms with van der Waals surface area (Å²) in [4.78, 5) is 5.73. The summed E-state index contributed by atoms with van der Waals surface area (Å²) in [6.45, 7) is -0.137. The van der Waals surface area contributed by atoms with Crippen molar-refractivity contribution in [3.05, 3.63) is 64.9 Å². The van der Waals surface area contributed by atoms with Crippen molar-refractivity contribution in [3.8, 4) is 0 Å². The number of hydrogen-bond donors (Lipinski definition) is 4. The number of imidazole rings is 1. The first kappa shape index (κ1) is 19.3. The molecule has 28 heavy (non-hydrogen) atoms. The van der Waals surface area contributed by atoms with Crippen LogP contribution in [0.1, 0.15) is 24.2 Å². The maximum atomic E-state index is 10.6. The topological polar surface area (TPSA) is 102 Å². The van der Waals surface area contributed by atoms with Gasteiger partial charge in [0.25, 0.3) is 0 Å². The summed E-state index contributed by atoms with van der Waals surface area (Å²) in [6.07, 6.45) is -0.0185. The first-order chi connectivity index (χ1) is 13.3. The minimum Gasteiger partial charge on any atom is -0.392 e. The Balaban J connectivity index is 1.75. The summed E-state index contributed by atoms with van der Waals surface area (Å²) in [5.74, 6) is -1.67. The van der Waals surface area contributed by atoms with Crippen LogP contribution in [0.25, 0.3) is 11.0 Å². The van der Waals surface area contributed by atoms with E-state index in [4.69, 9.17) is 11.6 Å². The van der Waals surface area contributed by atoms with Gasteiger partial charge in [-0.15, -0.1) is 0 Å². The number of nitrogens with zero attached hydrogens (tertiary/aromatic N) is 3. The van der Waals surface area contributed by atoms with Gasteiger partial charge in [0.05, 0.1) is 24.2 Å². The second-order valence-electron chi connectivity index (χ2n) is 7.23. The molecule has 1 saturated heterocycles. The van der Waals surface area contributed by atoms with Crippen molar-refractivity contribution in [2.45, 2.75) is 37.6 Å². The number of hydrogen-bond acceptors (Lipinski definition) is 6. The van der Waals surface area contributed by atoms with Gasteiger partial charge in [0.1, 0.15) is 11.5 Å². The third-order valence-electron chi connectivity index (χ3n) is 5.34. The van der Waals surface area contributed by atoms with Gasteiger partial charge in [-0.3, -0.25) is 0 Å². The van der Waals surface area contributed by atoms with Crippen molar-refractivity contribution in [2.75, 3.05) is 6.61 Å². The lowest BCUT2D eigenvalue weighted by molar-refractivity contribution is -0.299. The van der Waals surface area contributed by atoms with Gasteiger partial charge < -0.3 is 25.0 Å². The fourth-order valence-corrected chi connectivity index (χ4v) is 3.87. The van der Waals surface area contributed by atoms with Crippen molar-refractivity contribution < 1.29 is 20.4 Å². The molecule has 1 unspecified atom stereocenters. The molecule has 0 bridgehead atoms. The molecule has 148 valence electrons. The predicted molar refractivity (Wildman–Crippen MR) is 104 cm³/mol. The van der Waals surface area contributed by atoms with E-state index in [1.807, 2.05) is 53.1 Å². The molecule has 4 rings (SSSR count). The Kier molecular flexibility index (Phi) is 4.91. The highest BCUT2D eigenvalue weighted by molar-refractivity contribution is 6.30. The van der Waals surface area contributed by atoms with E-state index in [9.17, 15) is 20.4 Å². The van der Waals surface area contributed by atoms with E-state index in [-0.39, 0.29) is 19.4 Å². The number of benzene rings is 2. The van der Waals surface area contributed by atoms with Gasteiger partial charge in [-0.1, -0.05) is 35.9 Å². The van der Waals surface area contributed by atoms with Gasteiger partial charge in [-0.2, -0.15) is 0 Å². The Morgan fingerprint density at radius 2 is 1.68 bits per heavy atom. The van der Waals surface area contributed by atoms with Gasteiger partial charge in [-0.05, 0) is 36.2 Å². The fraction of sp³-hybridized carbons (Fsp3) is 0.350. The van der Waals surface area contributed by atoms with Gasteiger partial charge in [0.2, 0.25) is 5.91 Å². The molecule has 1 aliphatic heterocycles. The maximum absolute atomic E-state index is 10.6. The molecule has 1 fully saturated rings. The molecule has 0 saturated carbocycles. The standard InChI is InChI=1S/C20H22ClN3O4/c21-15-7-5-14(6-8-15)11-23-17-4-2-1-3-16(17)22-18(23)12-24-19(26,13-25)9-10-20(24,27)28/h1-8,25-28H,9-13H2. The molecule has 2 heterocycles. The minimum atomic E-state index is -2.22. The lowest BCUT2D eigenvalue weighted by Crippen LogP contribution is -2.55. The predicted octanol–water partition coefficient (Wildman–Crippen LogP) is 1.65. The minimum absolute atomic E-state index is 0.0354. The van der Waals surface area contributed by atoms with Crippen LogP contribution in [0.15, 0.2) is 48.5 Å². The van der Waals surface area contributed by atoms with Crippen molar-refractivity contribution in [3.63, 3.8) is 0 Å². The molecule has 0 spiro atoms. The van der Waals surface area contributed by atoms with E-state index in [0.717, 1.165) is 21.5 Å². The Labute approximate surface area is 167 Å². The summed E-state index contributed by atoms with van der Waals surface area (Å²) in [7, 11) is 0. The number of para-hydroxylation sites is 2. The maximum Gasteiger partial charge on any atom is 0.227 e. The normalized spacial score (nSPS) is 22.2. The lowest BCUT2D eigenvalue weighted by Gasteiger charge is -2.37. The SMILES string of the molecule is OCC1(O)CCC(O)(O)N1Cc1nc2ccccc2n1Cc1ccc(Cl)cc1. The third kappa shape index (κ3) is 3.41. The van der Waals surface area contributed by atoms with E-state index >= 15 is 0 Å². The van der Waals surface area contributed by atoms with Crippen molar-refractivity contribution in [1.29, 1.82) is 0 Å². The molecule has 1 atom stereocenters. The Morgan fingerprint density at radius 3 is 2.39 bits per heavy atom. The summed E-state index contributed by atoms with van der Waals surface area (Å²) in [5.41, 5.74) is 0.944. The van der Waals surface area contributed by atoms with Crippen LogP contribution in [0.4, 0.5) is 0 Å². The van der Waals surface area contributed by atoms with Gasteiger partial charge in [0.15, 0.2) is 0 Å². The second-order valence-corrected chi connectivity index (χ2v) is 7.67. The number of rotatable bonds is 5. The van der Waals surface area contributed by atoms with Gasteiger partial charge in [0, 0.05) is 18.0 Å². The monoisotopic (exact) mass is 403 g/mol. The molecule has 2 aromatic carbocycles. The van der Waals surface area contributed by atoms with Crippen molar-refractivity contribution in [1.82, 2.24) is 14.5 Å². The average Bonchev–Trinajstić information content (AvgIpc) is 3.14. The van der Waals surface area contributed by atoms with E-state index in [1.54, 1.807) is 0 Å². The van der Waals surface area contributed by atoms with Gasteiger partial charge in [-0.25, -0.2) is 9.88 Å². The van der Waals surface area contributed by atoms with E-state index in [1.165, 1.54) is 0 Å². The summed E-state index contributed by atoms with van der Waals surface area (Å²) in [5, 5.41) is 41.6. The van der Waals surface area contributed by atoms with E-state index < -0.39 is 18.2 Å². The number of likely N-dealkylation sites (tertiary alicyclic amines) is 1. The average molecular weight is 404 g/mol. The largest absolute Gasteiger partial charge is 0.392 e. The quantitative estimate of drug-likeness (QED) is 0.483. The summed E-state index contributed by atoms with van der Waals surface area (Å²) >= 11 is 5.98. The number of aliphatic hydroxyl groups excluding tert-OH is 1. The third-order valence-corrected chi connectivity index (χ3v) is 5.59. The highest BCUT2D eigenvalue weighted by atomic mass is 35.5. The van der Waals surface area contributed by atoms with Crippen LogP contribution >= 0.6 is 11.6 Å². The van der Waals surface area contributed by atoms with E-state index in [0.29, 0.717) is 17.4 Å². The number of halogens is 1. The lowest BCUT2D eigenvalue weighted by atomic mass is 10.1. The first-order valence-electron chi connectivity index (χ1n) is 9.07. The Morgan fingerprint density at radius 1 is 0.964 bits per heavy atom. The second kappa shape index (κ2) is 7.11. The van der Waals surface area contributed by atoms with E-state index in [2.05, 4.69) is 4.98 Å². The molecule has 0 aliphatic carbocycles. The zero-order chi connectivity index (χ0) is 19.9. The van der Waals surface area contributed by atoms with Gasteiger partial charge >= 0.3 is 0 Å². The van der Waals surface area contributed by atoms with Crippen molar-refractivity contribution in [2.24, 2.45) is 0 Å². The van der Waals surface area contributed by atoms with Crippen LogP contribution in [0.3, 0.4) is 0 Å². The number of aromatic nitrogens is 2. The molecular formula is C20H22ClN3O4. The molecule has 7 nitrogen and oxygen atoms in total. The zero-order valence-electron chi connectivity index (χ0n) is 15.2. The first-order valence-corrected chi connectivity index (χ1v) is 9.44. The Bertz CT molecular complexity index is 989. The van der Waals surface area contributed by atoms with Crippen molar-refractivity contribution >= 4 is 22.6 Å². The van der Waals surface area contributed by atoms with Crippen LogP contribution in [-0.4, -0.2) is 53.1 Å². The molecule has 8 heteroatoms. The van der Waals surface area contributed by atoms with Crippen LogP contribution in [-0.2, 0) is 13.1 Å². The van der Waals surface area contributed by atoms with Crippen LogP contribution in [0, 0.1) is 0 Å². The number of aliphatic hydroxyl groups is 4. The summed E-state index contributed by atoms with van der Waals surface area (Å²) < 4.78 is 1.96. The van der Waals surface area contributed by atoms with Crippen LogP contribution < -0.4 is 0 Å². The zero-order valence-corrected chi connectivity index (χ0v) is 15.9. The van der Waals surface area contributed by atoms with Crippen LogP contribution in [0.5, 0.6) is 0 Å². The molecule has 1 aromatic heterocycles. The molecule has 3 aromatic rings. The molecule has 4 N–H and O–H groups in total. The highest BCUT2D eigenvalue weighted by Gasteiger charge is 2.53. The highest BCUT2D eigenvalue weighted by Crippen LogP contribution is 2.38. The number of fused-ring (bicyclic) bond motifs is 1. The molecule has 1 aliphatic rings. The molecular weight excluding hydrogens is 382 g/mol. The summed E-state index contributed by atoms with van der Waals surface area (Å²) in [6, 6.07) is 15.1.